The maximum atomic E-state index is 13.0. The number of hydrogen-bond donors (Lipinski definition) is 1. The third kappa shape index (κ3) is 5.14. The van der Waals surface area contributed by atoms with Gasteiger partial charge >= 0.3 is 5.97 Å². The molecule has 1 N–H and O–H groups in total. The van der Waals surface area contributed by atoms with E-state index in [0.29, 0.717) is 18.8 Å². The van der Waals surface area contributed by atoms with Crippen molar-refractivity contribution in [3.8, 4) is 0 Å². The van der Waals surface area contributed by atoms with Gasteiger partial charge < -0.3 is 10.0 Å². The van der Waals surface area contributed by atoms with Crippen LogP contribution in [0.25, 0.3) is 0 Å². The van der Waals surface area contributed by atoms with Gasteiger partial charge in [0.25, 0.3) is 5.91 Å². The Morgan fingerprint density at radius 1 is 1.08 bits per heavy atom. The summed E-state index contributed by atoms with van der Waals surface area (Å²) in [5.41, 5.74) is 1.69. The number of pyridine rings is 1. The lowest BCUT2D eigenvalue weighted by atomic mass is 9.95. The van der Waals surface area contributed by atoms with E-state index in [-0.39, 0.29) is 22.6 Å². The molecular weight excluding hydrogens is 316 g/mol. The Kier molecular flexibility index (Phi) is 5.57. The number of carbonyl (C=O) groups excluding carboxylic acids is 1. The summed E-state index contributed by atoms with van der Waals surface area (Å²) in [6.07, 6.45) is 0. The normalized spacial score (nSPS) is 11.2. The Bertz CT molecular complexity index is 764. The van der Waals surface area contributed by atoms with Crippen molar-refractivity contribution >= 4 is 11.9 Å². The Balaban J connectivity index is 2.31. The third-order valence-electron chi connectivity index (χ3n) is 3.70. The zero-order chi connectivity index (χ0) is 18.6. The molecular formula is C20H24N2O3. The van der Waals surface area contributed by atoms with Gasteiger partial charge in [-0.1, -0.05) is 51.1 Å². The number of nitrogens with zero attached hydrogens (tertiary/aromatic N) is 2. The smallest absolute Gasteiger partial charge is 0.337 e. The molecule has 0 spiro atoms. The van der Waals surface area contributed by atoms with Crippen molar-refractivity contribution in [1.82, 2.24) is 9.88 Å². The highest BCUT2D eigenvalue weighted by Gasteiger charge is 2.24. The summed E-state index contributed by atoms with van der Waals surface area (Å²) in [5, 5.41) is 9.12. The number of aromatic carboxylic acids is 1. The second kappa shape index (κ2) is 7.47. The minimum Gasteiger partial charge on any atom is -0.478 e. The third-order valence-corrected chi connectivity index (χ3v) is 3.70. The number of carbonyl (C=O) groups is 2. The minimum absolute atomic E-state index is 0.0690. The van der Waals surface area contributed by atoms with Crippen molar-refractivity contribution in [3.05, 3.63) is 65.0 Å². The number of carboxylic acid groups (broad SMARTS) is 1. The summed E-state index contributed by atoms with van der Waals surface area (Å²) >= 11 is 0. The Labute approximate surface area is 148 Å². The van der Waals surface area contributed by atoms with Crippen molar-refractivity contribution in [3.63, 3.8) is 0 Å². The van der Waals surface area contributed by atoms with E-state index in [1.165, 1.54) is 12.1 Å². The number of aryl methyl sites for hydroxylation is 1. The van der Waals surface area contributed by atoms with Gasteiger partial charge in [-0.25, -0.2) is 9.78 Å². The summed E-state index contributed by atoms with van der Waals surface area (Å²) in [5.74, 6) is -1.24. The number of amides is 1. The lowest BCUT2D eigenvalue weighted by Gasteiger charge is -2.30. The number of carboxylic acids is 1. The van der Waals surface area contributed by atoms with Gasteiger partial charge in [-0.05, 0) is 30.0 Å². The van der Waals surface area contributed by atoms with Gasteiger partial charge in [-0.15, -0.1) is 0 Å². The fourth-order valence-electron chi connectivity index (χ4n) is 2.64. The molecule has 0 unspecified atom stereocenters. The summed E-state index contributed by atoms with van der Waals surface area (Å²) in [6, 6.07) is 12.7. The summed E-state index contributed by atoms with van der Waals surface area (Å²) in [4.78, 5) is 30.1. The molecule has 0 fully saturated rings. The lowest BCUT2D eigenvalue weighted by Crippen LogP contribution is -2.37. The zero-order valence-corrected chi connectivity index (χ0v) is 15.1. The van der Waals surface area contributed by atoms with E-state index in [1.54, 1.807) is 11.8 Å². The summed E-state index contributed by atoms with van der Waals surface area (Å²) in [7, 11) is 0. The fourth-order valence-corrected chi connectivity index (χ4v) is 2.64. The Hall–Kier alpha value is -2.69. The molecule has 5 heteroatoms. The zero-order valence-electron chi connectivity index (χ0n) is 15.1. The highest BCUT2D eigenvalue weighted by atomic mass is 16.4. The van der Waals surface area contributed by atoms with Crippen LogP contribution in [0.3, 0.4) is 0 Å². The van der Waals surface area contributed by atoms with Gasteiger partial charge in [0.15, 0.2) is 0 Å². The molecule has 1 aromatic heterocycles. The van der Waals surface area contributed by atoms with Crippen LogP contribution in [0.1, 0.15) is 52.9 Å². The van der Waals surface area contributed by atoms with Crippen LogP contribution in [0, 0.1) is 12.3 Å². The van der Waals surface area contributed by atoms with Crippen LogP contribution in [0.15, 0.2) is 42.5 Å². The van der Waals surface area contributed by atoms with Gasteiger partial charge in [0.2, 0.25) is 0 Å². The molecule has 2 rings (SSSR count). The summed E-state index contributed by atoms with van der Waals surface area (Å²) < 4.78 is 0. The molecule has 1 heterocycles. The number of benzene rings is 1. The molecule has 25 heavy (non-hydrogen) atoms. The summed E-state index contributed by atoms with van der Waals surface area (Å²) in [6.45, 7) is 8.88. The van der Waals surface area contributed by atoms with E-state index < -0.39 is 5.97 Å². The second-order valence-electron chi connectivity index (χ2n) is 7.34. The van der Waals surface area contributed by atoms with Gasteiger partial charge in [-0.2, -0.15) is 0 Å². The van der Waals surface area contributed by atoms with Crippen LogP contribution in [0.2, 0.25) is 0 Å². The van der Waals surface area contributed by atoms with Crippen molar-refractivity contribution in [2.24, 2.45) is 5.41 Å². The molecule has 0 atom stereocenters. The van der Waals surface area contributed by atoms with Crippen LogP contribution in [0.4, 0.5) is 0 Å². The molecule has 5 nitrogen and oxygen atoms in total. The van der Waals surface area contributed by atoms with E-state index >= 15 is 0 Å². The lowest BCUT2D eigenvalue weighted by molar-refractivity contribution is 0.0666. The molecule has 0 aliphatic carbocycles. The molecule has 132 valence electrons. The van der Waals surface area contributed by atoms with Crippen molar-refractivity contribution < 1.29 is 14.7 Å². The maximum absolute atomic E-state index is 13.0. The van der Waals surface area contributed by atoms with Gasteiger partial charge in [-0.3, -0.25) is 4.79 Å². The Morgan fingerprint density at radius 3 is 2.24 bits per heavy atom. The van der Waals surface area contributed by atoms with Crippen molar-refractivity contribution in [2.45, 2.75) is 34.2 Å². The van der Waals surface area contributed by atoms with Crippen LogP contribution in [0.5, 0.6) is 0 Å². The fraction of sp³-hybridized carbons (Fsp3) is 0.350. The number of aromatic nitrogens is 1. The Morgan fingerprint density at radius 2 is 1.72 bits per heavy atom. The van der Waals surface area contributed by atoms with Crippen molar-refractivity contribution in [1.29, 1.82) is 0 Å². The molecule has 0 aliphatic rings. The van der Waals surface area contributed by atoms with E-state index in [0.717, 1.165) is 5.56 Å². The van der Waals surface area contributed by atoms with E-state index in [2.05, 4.69) is 25.8 Å². The van der Waals surface area contributed by atoms with Crippen LogP contribution in [-0.2, 0) is 6.54 Å². The predicted molar refractivity (Wildman–Crippen MR) is 96.6 cm³/mol. The topological polar surface area (TPSA) is 70.5 Å². The monoisotopic (exact) mass is 340 g/mol. The van der Waals surface area contributed by atoms with Gasteiger partial charge in [0.1, 0.15) is 5.69 Å². The molecule has 0 bridgehead atoms. The highest BCUT2D eigenvalue weighted by Crippen LogP contribution is 2.19. The number of rotatable bonds is 5. The molecule has 2 aromatic rings. The SMILES string of the molecule is Cc1nc(C(=O)N(Cc2ccccc2)CC(C)(C)C)ccc1C(=O)O. The largest absolute Gasteiger partial charge is 0.478 e. The molecule has 0 aliphatic heterocycles. The average molecular weight is 340 g/mol. The number of hydrogen-bond acceptors (Lipinski definition) is 3. The molecule has 0 saturated carbocycles. The quantitative estimate of drug-likeness (QED) is 0.899. The maximum Gasteiger partial charge on any atom is 0.337 e. The predicted octanol–water partition coefficient (Wildman–Crippen LogP) is 3.78. The van der Waals surface area contributed by atoms with E-state index in [9.17, 15) is 9.59 Å². The van der Waals surface area contributed by atoms with Crippen LogP contribution < -0.4 is 0 Å². The standard InChI is InChI=1S/C20H24N2O3/c1-14-16(19(24)25)10-11-17(21-14)18(23)22(13-20(2,3)4)12-15-8-6-5-7-9-15/h5-11H,12-13H2,1-4H3,(H,24,25). The first kappa shape index (κ1) is 18.6. The molecule has 1 amide bonds. The van der Waals surface area contributed by atoms with Crippen LogP contribution in [-0.4, -0.2) is 33.4 Å². The van der Waals surface area contributed by atoms with Gasteiger partial charge in [0.05, 0.1) is 11.3 Å². The first-order valence-corrected chi connectivity index (χ1v) is 8.21. The average Bonchev–Trinajstić information content (AvgIpc) is 2.52. The van der Waals surface area contributed by atoms with E-state index in [4.69, 9.17) is 5.11 Å². The minimum atomic E-state index is -1.04. The molecule has 0 saturated heterocycles. The molecule has 1 aromatic carbocycles. The van der Waals surface area contributed by atoms with Crippen LogP contribution >= 0.6 is 0 Å². The van der Waals surface area contributed by atoms with Gasteiger partial charge in [0, 0.05) is 13.1 Å². The highest BCUT2D eigenvalue weighted by molar-refractivity contribution is 5.94. The second-order valence-corrected chi connectivity index (χ2v) is 7.34. The van der Waals surface area contributed by atoms with Crippen molar-refractivity contribution in [2.75, 3.05) is 6.54 Å². The first-order valence-electron chi connectivity index (χ1n) is 8.21. The first-order chi connectivity index (χ1) is 11.7. The van der Waals surface area contributed by atoms with E-state index in [1.807, 2.05) is 30.3 Å². The molecule has 0 radical (unpaired) electrons.